The molecule has 2 unspecified atom stereocenters. The van der Waals surface area contributed by atoms with E-state index in [9.17, 15) is 9.59 Å². The van der Waals surface area contributed by atoms with Crippen LogP contribution in [-0.2, 0) is 9.59 Å². The molecule has 0 aromatic carbocycles. The quantitative estimate of drug-likeness (QED) is 0.469. The van der Waals surface area contributed by atoms with Gasteiger partial charge >= 0.3 is 0 Å². The Labute approximate surface area is 186 Å². The number of ketones is 2. The third-order valence-electron chi connectivity index (χ3n) is 7.93. The van der Waals surface area contributed by atoms with Crippen molar-refractivity contribution >= 4 is 11.6 Å². The Balaban J connectivity index is 1.64. The van der Waals surface area contributed by atoms with E-state index in [1.807, 2.05) is 13.8 Å². The minimum absolute atomic E-state index is 0.142. The summed E-state index contributed by atoms with van der Waals surface area (Å²) in [5, 5.41) is 0. The molecule has 4 heteroatoms. The smallest absolute Gasteiger partial charge is 0.149 e. The lowest BCUT2D eigenvalue weighted by atomic mass is 9.80. The molecule has 0 spiro atoms. The van der Waals surface area contributed by atoms with Gasteiger partial charge in [0.25, 0.3) is 0 Å². The van der Waals surface area contributed by atoms with Crippen LogP contribution in [0.5, 0.6) is 0 Å². The highest BCUT2D eigenvalue weighted by atomic mass is 16.1. The maximum atomic E-state index is 12.8. The number of nitrogens with zero attached hydrogens (tertiary/aromatic N) is 2. The van der Waals surface area contributed by atoms with Gasteiger partial charge in [-0.2, -0.15) is 0 Å². The molecule has 0 aromatic rings. The van der Waals surface area contributed by atoms with Crippen LogP contribution in [0.2, 0.25) is 0 Å². The van der Waals surface area contributed by atoms with Crippen LogP contribution in [0.15, 0.2) is 0 Å². The fourth-order valence-corrected chi connectivity index (χ4v) is 5.15. The van der Waals surface area contributed by atoms with Crippen molar-refractivity contribution in [3.63, 3.8) is 0 Å². The highest BCUT2D eigenvalue weighted by Gasteiger charge is 2.27. The average molecular weight is 421 g/mol. The first-order chi connectivity index (χ1) is 14.2. The molecule has 2 fully saturated rings. The van der Waals surface area contributed by atoms with Crippen molar-refractivity contribution < 1.29 is 9.59 Å². The largest absolute Gasteiger partial charge is 0.301 e. The Hall–Kier alpha value is -0.740. The summed E-state index contributed by atoms with van der Waals surface area (Å²) in [6, 6.07) is 0.629. The van der Waals surface area contributed by atoms with Crippen LogP contribution in [0.3, 0.4) is 0 Å². The predicted octanol–water partition coefficient (Wildman–Crippen LogP) is 5.06. The molecule has 2 heterocycles. The Morgan fingerprint density at radius 3 is 1.93 bits per heavy atom. The molecular formula is C26H48N2O2. The Morgan fingerprint density at radius 2 is 1.40 bits per heavy atom. The molecule has 2 aliphatic rings. The third kappa shape index (κ3) is 8.07. The number of likely N-dealkylation sites (tertiary alicyclic amines) is 2. The van der Waals surface area contributed by atoms with Gasteiger partial charge in [0.05, 0.1) is 6.54 Å². The zero-order valence-corrected chi connectivity index (χ0v) is 20.7. The van der Waals surface area contributed by atoms with Gasteiger partial charge in [0.15, 0.2) is 0 Å². The molecule has 0 bridgehead atoms. The van der Waals surface area contributed by atoms with Gasteiger partial charge in [0.1, 0.15) is 11.6 Å². The lowest BCUT2D eigenvalue weighted by Gasteiger charge is -2.35. The van der Waals surface area contributed by atoms with E-state index in [4.69, 9.17) is 0 Å². The van der Waals surface area contributed by atoms with E-state index in [0.717, 1.165) is 51.4 Å². The lowest BCUT2D eigenvalue weighted by Crippen LogP contribution is -2.39. The van der Waals surface area contributed by atoms with E-state index in [-0.39, 0.29) is 11.8 Å². The zero-order valence-electron chi connectivity index (χ0n) is 20.7. The van der Waals surface area contributed by atoms with E-state index in [0.29, 0.717) is 36.0 Å². The Bertz CT molecular complexity index is 529. The van der Waals surface area contributed by atoms with Crippen LogP contribution in [0.1, 0.15) is 86.5 Å². The van der Waals surface area contributed by atoms with Gasteiger partial charge in [-0.25, -0.2) is 0 Å². The Kier molecular flexibility index (Phi) is 10.5. The molecule has 0 saturated carbocycles. The van der Waals surface area contributed by atoms with Crippen molar-refractivity contribution in [3.05, 3.63) is 0 Å². The van der Waals surface area contributed by atoms with E-state index in [1.54, 1.807) is 0 Å². The SMILES string of the molecule is CC(C)C(=O)CN1CCC(C(C)CCC(C)C(=O)CC2CCN(C(C)C)CC2)CC1. The normalized spacial score (nSPS) is 22.5. The number of hydrogen-bond acceptors (Lipinski definition) is 4. The van der Waals surface area contributed by atoms with Gasteiger partial charge in [0.2, 0.25) is 0 Å². The molecule has 30 heavy (non-hydrogen) atoms. The van der Waals surface area contributed by atoms with Crippen molar-refractivity contribution in [2.75, 3.05) is 32.7 Å². The molecule has 174 valence electrons. The maximum Gasteiger partial charge on any atom is 0.149 e. The summed E-state index contributed by atoms with van der Waals surface area (Å²) >= 11 is 0. The molecule has 0 N–H and O–H groups in total. The van der Waals surface area contributed by atoms with Crippen LogP contribution in [0.4, 0.5) is 0 Å². The first kappa shape index (κ1) is 25.5. The van der Waals surface area contributed by atoms with Gasteiger partial charge in [0, 0.05) is 24.3 Å². The fraction of sp³-hybridized carbons (Fsp3) is 0.923. The second-order valence-corrected chi connectivity index (χ2v) is 10.9. The average Bonchev–Trinajstić information content (AvgIpc) is 2.72. The third-order valence-corrected chi connectivity index (χ3v) is 7.93. The molecule has 2 aliphatic heterocycles. The standard InChI is InChI=1S/C26H48N2O2/c1-19(2)26(30)18-27-13-11-24(12-14-27)21(5)7-8-22(6)25(29)17-23-9-15-28(16-10-23)20(3)4/h19-24H,7-18H2,1-6H3. The number of carbonyl (C=O) groups excluding carboxylic acids is 2. The van der Waals surface area contributed by atoms with Crippen LogP contribution in [0.25, 0.3) is 0 Å². The van der Waals surface area contributed by atoms with E-state index < -0.39 is 0 Å². The first-order valence-electron chi connectivity index (χ1n) is 12.7. The van der Waals surface area contributed by atoms with Gasteiger partial charge in [-0.15, -0.1) is 0 Å². The summed E-state index contributed by atoms with van der Waals surface area (Å²) in [6.45, 7) is 18.1. The minimum Gasteiger partial charge on any atom is -0.301 e. The van der Waals surface area contributed by atoms with Crippen LogP contribution in [-0.4, -0.2) is 60.1 Å². The van der Waals surface area contributed by atoms with E-state index >= 15 is 0 Å². The van der Waals surface area contributed by atoms with Crippen molar-refractivity contribution in [1.29, 1.82) is 0 Å². The summed E-state index contributed by atoms with van der Waals surface area (Å²) in [5.41, 5.74) is 0. The van der Waals surface area contributed by atoms with Gasteiger partial charge in [-0.3, -0.25) is 14.5 Å². The molecule has 2 rings (SSSR count). The van der Waals surface area contributed by atoms with Crippen molar-refractivity contribution in [2.24, 2.45) is 29.6 Å². The number of hydrogen-bond donors (Lipinski definition) is 0. The van der Waals surface area contributed by atoms with Gasteiger partial charge < -0.3 is 4.90 Å². The second kappa shape index (κ2) is 12.3. The highest BCUT2D eigenvalue weighted by Crippen LogP contribution is 2.30. The van der Waals surface area contributed by atoms with Crippen molar-refractivity contribution in [2.45, 2.75) is 92.5 Å². The van der Waals surface area contributed by atoms with E-state index in [2.05, 4.69) is 37.5 Å². The first-order valence-corrected chi connectivity index (χ1v) is 12.7. The summed E-state index contributed by atoms with van der Waals surface area (Å²) in [5.74, 6) is 3.24. The molecule has 0 radical (unpaired) electrons. The second-order valence-electron chi connectivity index (χ2n) is 10.9. The molecule has 0 aliphatic carbocycles. The lowest BCUT2D eigenvalue weighted by molar-refractivity contribution is -0.124. The summed E-state index contributed by atoms with van der Waals surface area (Å²) in [7, 11) is 0. The molecule has 0 amide bonds. The Morgan fingerprint density at radius 1 is 0.800 bits per heavy atom. The molecular weight excluding hydrogens is 372 g/mol. The number of carbonyl (C=O) groups is 2. The van der Waals surface area contributed by atoms with Crippen LogP contribution >= 0.6 is 0 Å². The number of Topliss-reactive ketones (excluding diaryl/α,β-unsaturated/α-hetero) is 2. The monoisotopic (exact) mass is 420 g/mol. The summed E-state index contributed by atoms with van der Waals surface area (Å²) in [4.78, 5) is 29.6. The van der Waals surface area contributed by atoms with Gasteiger partial charge in [-0.05, 0) is 96.3 Å². The van der Waals surface area contributed by atoms with Crippen molar-refractivity contribution in [1.82, 2.24) is 9.80 Å². The highest BCUT2D eigenvalue weighted by molar-refractivity contribution is 5.82. The maximum absolute atomic E-state index is 12.8. The zero-order chi connectivity index (χ0) is 22.3. The minimum atomic E-state index is 0.142. The summed E-state index contributed by atoms with van der Waals surface area (Å²) < 4.78 is 0. The summed E-state index contributed by atoms with van der Waals surface area (Å²) in [6.07, 6.45) is 7.76. The molecule has 2 atom stereocenters. The van der Waals surface area contributed by atoms with Crippen LogP contribution in [0, 0.1) is 29.6 Å². The van der Waals surface area contributed by atoms with E-state index in [1.165, 1.54) is 25.7 Å². The van der Waals surface area contributed by atoms with Crippen molar-refractivity contribution in [3.8, 4) is 0 Å². The number of piperidine rings is 2. The topological polar surface area (TPSA) is 40.6 Å². The van der Waals surface area contributed by atoms with Crippen LogP contribution < -0.4 is 0 Å². The molecule has 2 saturated heterocycles. The fourth-order valence-electron chi connectivity index (χ4n) is 5.15. The number of rotatable bonds is 11. The molecule has 4 nitrogen and oxygen atoms in total. The molecule has 0 aromatic heterocycles. The predicted molar refractivity (Wildman–Crippen MR) is 126 cm³/mol. The van der Waals surface area contributed by atoms with Gasteiger partial charge in [-0.1, -0.05) is 27.7 Å².